The van der Waals surface area contributed by atoms with Crippen molar-refractivity contribution in [2.45, 2.75) is 63.1 Å². The number of fused-ring (bicyclic) bond motifs is 4. The monoisotopic (exact) mass is 389 g/mol. The predicted molar refractivity (Wildman–Crippen MR) is 86.5 cm³/mol. The summed E-state index contributed by atoms with van der Waals surface area (Å²) in [7, 11) is -4.79. The van der Waals surface area contributed by atoms with E-state index in [9.17, 15) is 18.0 Å². The van der Waals surface area contributed by atoms with Crippen LogP contribution in [-0.2, 0) is 24.3 Å². The first-order valence-electron chi connectivity index (χ1n) is 9.02. The molecule has 146 valence electrons. The first-order valence-corrected chi connectivity index (χ1v) is 10.4. The molecule has 0 aromatic heterocycles. The Balaban J connectivity index is 1.33. The highest BCUT2D eigenvalue weighted by atomic mass is 32.3. The topological polar surface area (TPSA) is 125 Å². The van der Waals surface area contributed by atoms with Crippen molar-refractivity contribution in [3.8, 4) is 0 Å². The second-order valence-electron chi connectivity index (χ2n) is 7.73. The highest BCUT2D eigenvalue weighted by Gasteiger charge is 2.49. The molecule has 4 rings (SSSR count). The number of amides is 3. The number of carbonyl (C=O) groups is 2. The van der Waals surface area contributed by atoms with E-state index in [1.54, 1.807) is 0 Å². The lowest BCUT2D eigenvalue weighted by Gasteiger charge is -2.31. The van der Waals surface area contributed by atoms with Crippen LogP contribution in [0.1, 0.15) is 44.9 Å². The van der Waals surface area contributed by atoms with Gasteiger partial charge in [-0.2, -0.15) is 13.5 Å². The molecule has 2 N–H and O–H groups in total. The number of hydroxylamine groups is 3. The largest absolute Gasteiger partial charge is 0.418 e. The van der Waals surface area contributed by atoms with Crippen LogP contribution in [0.2, 0.25) is 0 Å². The Morgan fingerprint density at radius 1 is 1.12 bits per heavy atom. The minimum Gasteiger partial charge on any atom is -0.309 e. The number of hydrogen-bond donors (Lipinski definition) is 2. The molecule has 2 unspecified atom stereocenters. The lowest BCUT2D eigenvalue weighted by molar-refractivity contribution is -0.146. The van der Waals surface area contributed by atoms with E-state index in [0.717, 1.165) is 12.8 Å². The van der Waals surface area contributed by atoms with Gasteiger partial charge in [-0.25, -0.2) is 10.3 Å². The van der Waals surface area contributed by atoms with Crippen LogP contribution in [0.25, 0.3) is 0 Å². The van der Waals surface area contributed by atoms with Crippen LogP contribution in [0, 0.1) is 11.8 Å². The summed E-state index contributed by atoms with van der Waals surface area (Å²) in [5.74, 6) is 0.943. The van der Waals surface area contributed by atoms with Gasteiger partial charge in [-0.05, 0) is 43.9 Å². The van der Waals surface area contributed by atoms with Gasteiger partial charge in [-0.3, -0.25) is 14.2 Å². The molecule has 3 amide bonds. The van der Waals surface area contributed by atoms with Gasteiger partial charge in [0.05, 0.1) is 12.1 Å². The maximum atomic E-state index is 12.5. The molecule has 0 spiro atoms. The highest BCUT2D eigenvalue weighted by Crippen LogP contribution is 2.42. The van der Waals surface area contributed by atoms with Gasteiger partial charge >= 0.3 is 16.4 Å². The minimum atomic E-state index is -4.79. The molecular formula is C15H23N3O7S. The number of carbonyl (C=O) groups excluding carboxylic acids is 2. The molecule has 2 saturated carbocycles. The molecule has 26 heavy (non-hydrogen) atoms. The zero-order chi connectivity index (χ0) is 18.5. The summed E-state index contributed by atoms with van der Waals surface area (Å²) in [4.78, 5) is 31.7. The van der Waals surface area contributed by atoms with Crippen molar-refractivity contribution in [3.63, 3.8) is 0 Å². The smallest absolute Gasteiger partial charge is 0.309 e. The van der Waals surface area contributed by atoms with Crippen molar-refractivity contribution >= 4 is 22.3 Å². The summed E-state index contributed by atoms with van der Waals surface area (Å²) >= 11 is 0. The van der Waals surface area contributed by atoms with Gasteiger partial charge < -0.3 is 4.90 Å². The Morgan fingerprint density at radius 2 is 1.81 bits per heavy atom. The van der Waals surface area contributed by atoms with Crippen LogP contribution in [0.4, 0.5) is 4.79 Å². The van der Waals surface area contributed by atoms with Crippen molar-refractivity contribution in [2.24, 2.45) is 11.8 Å². The molecule has 2 aliphatic heterocycles. The summed E-state index contributed by atoms with van der Waals surface area (Å²) in [6.45, 7) is 0.167. The minimum absolute atomic E-state index is 0.00943. The Bertz CT molecular complexity index is 687. The normalized spacial score (nSPS) is 36.5. The first kappa shape index (κ1) is 18.0. The molecule has 4 fully saturated rings. The van der Waals surface area contributed by atoms with Gasteiger partial charge in [-0.15, -0.1) is 4.28 Å². The van der Waals surface area contributed by atoms with E-state index in [1.807, 2.05) is 0 Å². The number of rotatable bonds is 5. The summed E-state index contributed by atoms with van der Waals surface area (Å²) in [6, 6.07) is -2.00. The van der Waals surface area contributed by atoms with Crippen LogP contribution in [0.3, 0.4) is 0 Å². The van der Waals surface area contributed by atoms with Crippen LogP contribution in [-0.4, -0.2) is 59.6 Å². The SMILES string of the molecule is O=C(NOC1CC2CCC(C2)C1)[C@@H]1CC[C@H]2CN1C(=O)N2OS(=O)(=O)O. The molecule has 4 aliphatic rings. The average Bonchev–Trinajstić information content (AvgIpc) is 3.03. The zero-order valence-electron chi connectivity index (χ0n) is 14.2. The summed E-state index contributed by atoms with van der Waals surface area (Å²) in [5.41, 5.74) is 2.50. The van der Waals surface area contributed by atoms with E-state index in [-0.39, 0.29) is 12.6 Å². The third-order valence-corrected chi connectivity index (χ3v) is 6.32. The third kappa shape index (κ3) is 3.53. The zero-order valence-corrected chi connectivity index (χ0v) is 15.1. The molecule has 4 bridgehead atoms. The number of nitrogens with zero attached hydrogens (tertiary/aromatic N) is 2. The molecule has 0 aromatic carbocycles. The Labute approximate surface area is 151 Å². The van der Waals surface area contributed by atoms with Gasteiger partial charge in [-0.1, -0.05) is 12.8 Å². The van der Waals surface area contributed by atoms with Gasteiger partial charge in [0.1, 0.15) is 6.04 Å². The molecule has 0 radical (unpaired) electrons. The Kier molecular flexibility index (Phi) is 4.58. The molecule has 2 saturated heterocycles. The fourth-order valence-corrected chi connectivity index (χ4v) is 5.24. The van der Waals surface area contributed by atoms with Crippen molar-refractivity contribution in [1.82, 2.24) is 15.4 Å². The summed E-state index contributed by atoms with van der Waals surface area (Å²) < 4.78 is 34.9. The van der Waals surface area contributed by atoms with E-state index in [0.29, 0.717) is 29.7 Å². The molecular weight excluding hydrogens is 366 g/mol. The van der Waals surface area contributed by atoms with Gasteiger partial charge in [0.15, 0.2) is 0 Å². The maximum Gasteiger partial charge on any atom is 0.418 e. The third-order valence-electron chi connectivity index (χ3n) is 5.97. The number of nitrogens with one attached hydrogen (secondary N) is 1. The van der Waals surface area contributed by atoms with Crippen molar-refractivity contribution in [3.05, 3.63) is 0 Å². The van der Waals surface area contributed by atoms with Gasteiger partial charge in [0, 0.05) is 6.54 Å². The fraction of sp³-hybridized carbons (Fsp3) is 0.867. The van der Waals surface area contributed by atoms with Gasteiger partial charge in [0.25, 0.3) is 5.91 Å². The quantitative estimate of drug-likeness (QED) is 0.521. The van der Waals surface area contributed by atoms with Crippen LogP contribution >= 0.6 is 0 Å². The number of hydrogen-bond acceptors (Lipinski definition) is 6. The predicted octanol–water partition coefficient (Wildman–Crippen LogP) is 0.616. The number of urea groups is 1. The summed E-state index contributed by atoms with van der Waals surface area (Å²) in [6.07, 6.45) is 6.38. The van der Waals surface area contributed by atoms with E-state index < -0.39 is 34.4 Å². The lowest BCUT2D eigenvalue weighted by atomic mass is 9.87. The van der Waals surface area contributed by atoms with Crippen molar-refractivity contribution < 1.29 is 31.7 Å². The van der Waals surface area contributed by atoms with Crippen molar-refractivity contribution in [2.75, 3.05) is 6.54 Å². The first-order chi connectivity index (χ1) is 12.3. The summed E-state index contributed by atoms with van der Waals surface area (Å²) in [5, 5.41) is 0.627. The van der Waals surface area contributed by atoms with E-state index in [1.165, 1.54) is 24.2 Å². The Hall–Kier alpha value is -1.43. The number of piperidine rings is 1. The van der Waals surface area contributed by atoms with Crippen molar-refractivity contribution in [1.29, 1.82) is 0 Å². The van der Waals surface area contributed by atoms with Crippen LogP contribution < -0.4 is 5.48 Å². The Morgan fingerprint density at radius 3 is 2.46 bits per heavy atom. The molecule has 0 aromatic rings. The molecule has 2 heterocycles. The van der Waals surface area contributed by atoms with Crippen LogP contribution in [0.15, 0.2) is 0 Å². The van der Waals surface area contributed by atoms with Gasteiger partial charge in [0.2, 0.25) is 0 Å². The standard InChI is InChI=1S/C15H23N3O7S/c19-14(16-24-12-6-9-1-2-10(5-9)7-12)13-4-3-11-8-17(13)15(20)18(11)25-26(21,22)23/h9-13H,1-8H2,(H,16,19)(H,21,22,23)/t9?,10?,11-,12?,13-/m0/s1. The average molecular weight is 389 g/mol. The van der Waals surface area contributed by atoms with Crippen LogP contribution in [0.5, 0.6) is 0 Å². The highest BCUT2D eigenvalue weighted by molar-refractivity contribution is 7.80. The maximum absolute atomic E-state index is 12.5. The van der Waals surface area contributed by atoms with E-state index >= 15 is 0 Å². The fourth-order valence-electron chi connectivity index (χ4n) is 4.86. The molecule has 4 atom stereocenters. The molecule has 11 heteroatoms. The molecule has 2 aliphatic carbocycles. The lowest BCUT2D eigenvalue weighted by Crippen LogP contribution is -2.50. The second-order valence-corrected chi connectivity index (χ2v) is 8.74. The molecule has 10 nitrogen and oxygen atoms in total. The van der Waals surface area contributed by atoms with E-state index in [2.05, 4.69) is 9.76 Å². The van der Waals surface area contributed by atoms with E-state index in [4.69, 9.17) is 9.39 Å². The second kappa shape index (κ2) is 6.63.